The lowest BCUT2D eigenvalue weighted by atomic mass is 9.94. The molecule has 1 rings (SSSR count). The second kappa shape index (κ2) is 3.81. The fourth-order valence-electron chi connectivity index (χ4n) is 1.71. The van der Waals surface area contributed by atoms with Gasteiger partial charge in [-0.15, -0.1) is 0 Å². The van der Waals surface area contributed by atoms with Gasteiger partial charge in [-0.25, -0.2) is 0 Å². The van der Waals surface area contributed by atoms with Crippen molar-refractivity contribution in [2.45, 2.75) is 50.3 Å². The van der Waals surface area contributed by atoms with Crippen molar-refractivity contribution in [2.24, 2.45) is 5.73 Å². The number of rotatable bonds is 3. The van der Waals surface area contributed by atoms with Gasteiger partial charge in [0.25, 0.3) is 0 Å². The number of hydrogen-bond donors (Lipinski definition) is 1. The Kier molecular flexibility index (Phi) is 3.26. The molecule has 66 valence electrons. The highest BCUT2D eigenvalue weighted by Gasteiger charge is 2.34. The van der Waals surface area contributed by atoms with Crippen LogP contribution in [0.15, 0.2) is 0 Å². The van der Waals surface area contributed by atoms with Crippen molar-refractivity contribution in [3.8, 4) is 0 Å². The van der Waals surface area contributed by atoms with E-state index in [-0.39, 0.29) is 0 Å². The van der Waals surface area contributed by atoms with Gasteiger partial charge < -0.3 is 5.73 Å². The second-order valence-corrected chi connectivity index (χ2v) is 5.29. The maximum absolute atomic E-state index is 6.10. The minimum atomic E-state index is 0.399. The van der Waals surface area contributed by atoms with Gasteiger partial charge >= 0.3 is 0 Å². The molecular formula is C9H19NS. The Morgan fingerprint density at radius 3 is 2.82 bits per heavy atom. The zero-order chi connectivity index (χ0) is 8.32. The van der Waals surface area contributed by atoms with E-state index in [1.165, 1.54) is 31.4 Å². The van der Waals surface area contributed by atoms with Crippen molar-refractivity contribution < 1.29 is 0 Å². The molecule has 1 saturated heterocycles. The third-order valence-corrected chi connectivity index (χ3v) is 4.29. The minimum Gasteiger partial charge on any atom is -0.326 e. The van der Waals surface area contributed by atoms with Crippen LogP contribution >= 0.6 is 11.8 Å². The molecule has 0 aliphatic carbocycles. The van der Waals surface area contributed by atoms with Crippen LogP contribution in [0.2, 0.25) is 0 Å². The predicted molar refractivity (Wildman–Crippen MR) is 53.0 cm³/mol. The summed E-state index contributed by atoms with van der Waals surface area (Å²) in [4.78, 5) is 0. The average molecular weight is 173 g/mol. The molecule has 1 aliphatic heterocycles. The Hall–Kier alpha value is 0.310. The highest BCUT2D eigenvalue weighted by atomic mass is 32.2. The Bertz CT molecular complexity index is 119. The summed E-state index contributed by atoms with van der Waals surface area (Å²) in [7, 11) is 0. The maximum atomic E-state index is 6.10. The summed E-state index contributed by atoms with van der Waals surface area (Å²) in [6.45, 7) is 4.54. The maximum Gasteiger partial charge on any atom is 0.0283 e. The van der Waals surface area contributed by atoms with Gasteiger partial charge in [0.2, 0.25) is 0 Å². The Balaban J connectivity index is 2.42. The highest BCUT2D eigenvalue weighted by Crippen LogP contribution is 2.40. The predicted octanol–water partition coefficient (Wildman–Crippen LogP) is 2.40. The molecule has 1 fully saturated rings. The van der Waals surface area contributed by atoms with Gasteiger partial charge in [0, 0.05) is 10.8 Å². The van der Waals surface area contributed by atoms with Crippen molar-refractivity contribution in [2.75, 3.05) is 5.75 Å². The summed E-state index contributed by atoms with van der Waals surface area (Å²) in [6, 6.07) is 0.417. The highest BCUT2D eigenvalue weighted by molar-refractivity contribution is 8.00. The van der Waals surface area contributed by atoms with Gasteiger partial charge in [0.05, 0.1) is 0 Å². The van der Waals surface area contributed by atoms with Crippen molar-refractivity contribution in [1.82, 2.24) is 0 Å². The van der Waals surface area contributed by atoms with E-state index >= 15 is 0 Å². The van der Waals surface area contributed by atoms with Crippen molar-refractivity contribution in [3.05, 3.63) is 0 Å². The fourth-order valence-corrected chi connectivity index (χ4v) is 3.09. The van der Waals surface area contributed by atoms with Crippen LogP contribution in [-0.4, -0.2) is 16.5 Å². The molecule has 0 aromatic carbocycles. The summed E-state index contributed by atoms with van der Waals surface area (Å²) in [5.41, 5.74) is 6.10. The van der Waals surface area contributed by atoms with Crippen LogP contribution in [0.25, 0.3) is 0 Å². The summed E-state index contributed by atoms with van der Waals surface area (Å²) >= 11 is 2.07. The van der Waals surface area contributed by atoms with Gasteiger partial charge in [0.15, 0.2) is 0 Å². The van der Waals surface area contributed by atoms with Crippen LogP contribution < -0.4 is 5.73 Å². The van der Waals surface area contributed by atoms with E-state index in [0.717, 1.165) is 0 Å². The minimum absolute atomic E-state index is 0.399. The number of nitrogens with two attached hydrogens (primary N) is 1. The lowest BCUT2D eigenvalue weighted by molar-refractivity contribution is 0.456. The van der Waals surface area contributed by atoms with E-state index in [1.807, 2.05) is 0 Å². The smallest absolute Gasteiger partial charge is 0.0283 e. The van der Waals surface area contributed by atoms with Crippen LogP contribution in [0.5, 0.6) is 0 Å². The van der Waals surface area contributed by atoms with Gasteiger partial charge in [-0.1, -0.05) is 13.3 Å². The van der Waals surface area contributed by atoms with Gasteiger partial charge in [-0.05, 0) is 31.9 Å². The molecule has 1 heterocycles. The van der Waals surface area contributed by atoms with Crippen LogP contribution in [-0.2, 0) is 0 Å². The first-order valence-corrected chi connectivity index (χ1v) is 5.57. The Labute approximate surface area is 74.1 Å². The van der Waals surface area contributed by atoms with E-state index in [9.17, 15) is 0 Å². The molecule has 2 heteroatoms. The zero-order valence-electron chi connectivity index (χ0n) is 7.60. The molecule has 0 radical (unpaired) electrons. The summed E-state index contributed by atoms with van der Waals surface area (Å²) < 4.78 is 0.399. The zero-order valence-corrected chi connectivity index (χ0v) is 8.41. The molecule has 2 atom stereocenters. The molecule has 0 spiro atoms. The molecule has 0 saturated carbocycles. The van der Waals surface area contributed by atoms with Crippen LogP contribution in [0.1, 0.15) is 39.5 Å². The van der Waals surface area contributed by atoms with Gasteiger partial charge in [0.1, 0.15) is 0 Å². The van der Waals surface area contributed by atoms with Crippen LogP contribution in [0, 0.1) is 0 Å². The topological polar surface area (TPSA) is 26.0 Å². The Morgan fingerprint density at radius 2 is 2.36 bits per heavy atom. The molecule has 1 nitrogen and oxygen atoms in total. The summed E-state index contributed by atoms with van der Waals surface area (Å²) in [6.07, 6.45) is 5.08. The molecular weight excluding hydrogens is 154 g/mol. The van der Waals surface area contributed by atoms with E-state index in [1.54, 1.807) is 0 Å². The molecule has 0 aromatic rings. The largest absolute Gasteiger partial charge is 0.326 e. The third kappa shape index (κ3) is 2.12. The van der Waals surface area contributed by atoms with E-state index in [4.69, 9.17) is 5.73 Å². The van der Waals surface area contributed by atoms with Crippen molar-refractivity contribution in [1.29, 1.82) is 0 Å². The molecule has 2 N–H and O–H groups in total. The molecule has 1 aliphatic rings. The Morgan fingerprint density at radius 1 is 1.64 bits per heavy atom. The second-order valence-electron chi connectivity index (χ2n) is 3.66. The lowest BCUT2D eigenvalue weighted by Gasteiger charge is -2.29. The quantitative estimate of drug-likeness (QED) is 0.709. The first-order chi connectivity index (χ1) is 5.19. The first-order valence-electron chi connectivity index (χ1n) is 4.58. The molecule has 0 aromatic heterocycles. The van der Waals surface area contributed by atoms with Crippen molar-refractivity contribution in [3.63, 3.8) is 0 Å². The third-order valence-electron chi connectivity index (χ3n) is 2.63. The number of thioether (sulfide) groups is 1. The van der Waals surface area contributed by atoms with Gasteiger partial charge in [-0.2, -0.15) is 11.8 Å². The van der Waals surface area contributed by atoms with Crippen LogP contribution in [0.4, 0.5) is 0 Å². The first kappa shape index (κ1) is 9.40. The monoisotopic (exact) mass is 173 g/mol. The molecule has 0 amide bonds. The lowest BCUT2D eigenvalue weighted by Crippen LogP contribution is -2.40. The average Bonchev–Trinajstić information content (AvgIpc) is 2.38. The molecule has 0 bridgehead atoms. The van der Waals surface area contributed by atoms with Crippen molar-refractivity contribution >= 4 is 11.8 Å². The van der Waals surface area contributed by atoms with Gasteiger partial charge in [-0.3, -0.25) is 0 Å². The SMILES string of the molecule is CCC[C@@H](N)C1(C)CCCS1. The standard InChI is InChI=1S/C9H19NS/c1-3-5-8(10)9(2)6-4-7-11-9/h8H,3-7,10H2,1-2H3/t8-,9?/m1/s1. The van der Waals surface area contributed by atoms with E-state index in [2.05, 4.69) is 25.6 Å². The van der Waals surface area contributed by atoms with Crippen LogP contribution in [0.3, 0.4) is 0 Å². The molecule has 1 unspecified atom stereocenters. The normalized spacial score (nSPS) is 34.1. The summed E-state index contributed by atoms with van der Waals surface area (Å²) in [5, 5.41) is 0. The van der Waals surface area contributed by atoms with E-state index in [0.29, 0.717) is 10.8 Å². The molecule has 11 heavy (non-hydrogen) atoms. The number of hydrogen-bond acceptors (Lipinski definition) is 2. The summed E-state index contributed by atoms with van der Waals surface area (Å²) in [5.74, 6) is 1.31. The van der Waals surface area contributed by atoms with E-state index < -0.39 is 0 Å². The fraction of sp³-hybridized carbons (Fsp3) is 1.00.